The van der Waals surface area contributed by atoms with Gasteiger partial charge in [-0.2, -0.15) is 0 Å². The molecule has 1 aliphatic heterocycles. The summed E-state index contributed by atoms with van der Waals surface area (Å²) in [7, 11) is 1.99. The molecule has 0 spiro atoms. The first-order chi connectivity index (χ1) is 10.5. The van der Waals surface area contributed by atoms with Crippen LogP contribution in [0.15, 0.2) is 6.20 Å². The van der Waals surface area contributed by atoms with Crippen LogP contribution >= 0.6 is 0 Å². The molecular weight excluding hydrogens is 276 g/mol. The third-order valence-corrected chi connectivity index (χ3v) is 4.42. The van der Waals surface area contributed by atoms with Crippen LogP contribution in [-0.4, -0.2) is 47.5 Å². The Morgan fingerprint density at radius 1 is 1.41 bits per heavy atom. The van der Waals surface area contributed by atoms with Crippen molar-refractivity contribution in [1.29, 1.82) is 0 Å². The molecule has 22 heavy (non-hydrogen) atoms. The summed E-state index contributed by atoms with van der Waals surface area (Å²) in [6.45, 7) is 8.76. The summed E-state index contributed by atoms with van der Waals surface area (Å²) in [5.41, 5.74) is 1.55. The molecule has 0 atom stereocenters. The van der Waals surface area contributed by atoms with Crippen LogP contribution in [0.5, 0.6) is 0 Å². The van der Waals surface area contributed by atoms with Crippen LogP contribution in [0.1, 0.15) is 60.9 Å². The third-order valence-electron chi connectivity index (χ3n) is 4.42. The van der Waals surface area contributed by atoms with Gasteiger partial charge in [0.05, 0.1) is 11.3 Å². The van der Waals surface area contributed by atoms with Gasteiger partial charge in [-0.1, -0.05) is 13.8 Å². The molecular formula is C17H28N4O. The molecule has 1 saturated heterocycles. The molecule has 1 amide bonds. The molecule has 122 valence electrons. The molecule has 5 nitrogen and oxygen atoms in total. The number of hydrogen-bond donors (Lipinski definition) is 1. The molecule has 5 heteroatoms. The van der Waals surface area contributed by atoms with Crippen LogP contribution in [0.4, 0.5) is 0 Å². The van der Waals surface area contributed by atoms with Crippen molar-refractivity contribution in [3.8, 4) is 0 Å². The fourth-order valence-electron chi connectivity index (χ4n) is 3.04. The summed E-state index contributed by atoms with van der Waals surface area (Å²) < 4.78 is 0. The predicted octanol–water partition coefficient (Wildman–Crippen LogP) is 2.37. The Bertz CT molecular complexity index is 507. The Labute approximate surface area is 133 Å². The minimum Gasteiger partial charge on any atom is -0.339 e. The maximum absolute atomic E-state index is 12.8. The van der Waals surface area contributed by atoms with Crippen molar-refractivity contribution in [2.75, 3.05) is 26.7 Å². The van der Waals surface area contributed by atoms with E-state index in [1.807, 2.05) is 18.9 Å². The van der Waals surface area contributed by atoms with Crippen molar-refractivity contribution in [2.45, 2.75) is 46.0 Å². The number of rotatable bonds is 5. The molecule has 2 rings (SSSR count). The Hall–Kier alpha value is -1.49. The van der Waals surface area contributed by atoms with E-state index in [-0.39, 0.29) is 11.8 Å². The lowest BCUT2D eigenvalue weighted by molar-refractivity contribution is 0.0684. The highest BCUT2D eigenvalue weighted by molar-refractivity contribution is 5.95. The molecule has 0 saturated carbocycles. The van der Waals surface area contributed by atoms with Crippen LogP contribution in [0.3, 0.4) is 0 Å². The Morgan fingerprint density at radius 2 is 2.09 bits per heavy atom. The molecule has 0 aromatic carbocycles. The number of aromatic nitrogens is 2. The van der Waals surface area contributed by atoms with Crippen molar-refractivity contribution in [1.82, 2.24) is 20.2 Å². The number of carbonyl (C=O) groups excluding carboxylic acids is 1. The Morgan fingerprint density at radius 3 is 2.68 bits per heavy atom. The average Bonchev–Trinajstić information content (AvgIpc) is 2.52. The predicted molar refractivity (Wildman–Crippen MR) is 88.0 cm³/mol. The van der Waals surface area contributed by atoms with Crippen molar-refractivity contribution in [2.24, 2.45) is 5.92 Å². The molecule has 0 bridgehead atoms. The van der Waals surface area contributed by atoms with Gasteiger partial charge in [0.15, 0.2) is 0 Å². The van der Waals surface area contributed by atoms with Gasteiger partial charge in [-0.25, -0.2) is 9.97 Å². The van der Waals surface area contributed by atoms with Gasteiger partial charge in [-0.15, -0.1) is 0 Å². The van der Waals surface area contributed by atoms with E-state index >= 15 is 0 Å². The van der Waals surface area contributed by atoms with Gasteiger partial charge in [0.2, 0.25) is 0 Å². The van der Waals surface area contributed by atoms with Crippen LogP contribution in [0.25, 0.3) is 0 Å². The first kappa shape index (κ1) is 16.9. The molecule has 1 aliphatic rings. The van der Waals surface area contributed by atoms with E-state index in [9.17, 15) is 4.79 Å². The number of nitrogens with zero attached hydrogens (tertiary/aromatic N) is 3. The van der Waals surface area contributed by atoms with E-state index in [2.05, 4.69) is 29.1 Å². The Balaban J connectivity index is 2.04. The van der Waals surface area contributed by atoms with Gasteiger partial charge in [-0.05, 0) is 51.6 Å². The number of piperidine rings is 1. The highest BCUT2D eigenvalue weighted by atomic mass is 16.2. The van der Waals surface area contributed by atoms with Crippen molar-refractivity contribution < 1.29 is 4.79 Å². The number of hydrogen-bond acceptors (Lipinski definition) is 4. The Kier molecular flexibility index (Phi) is 5.89. The van der Waals surface area contributed by atoms with E-state index in [1.54, 1.807) is 6.20 Å². The van der Waals surface area contributed by atoms with Gasteiger partial charge in [0.25, 0.3) is 5.91 Å². The summed E-state index contributed by atoms with van der Waals surface area (Å²) >= 11 is 0. The average molecular weight is 304 g/mol. The lowest BCUT2D eigenvalue weighted by atomic mass is 9.93. The number of carbonyl (C=O) groups is 1. The van der Waals surface area contributed by atoms with E-state index in [0.717, 1.165) is 49.9 Å². The molecule has 0 radical (unpaired) electrons. The summed E-state index contributed by atoms with van der Waals surface area (Å²) in [5, 5.41) is 3.20. The van der Waals surface area contributed by atoms with Gasteiger partial charge in [0.1, 0.15) is 5.82 Å². The van der Waals surface area contributed by atoms with E-state index in [1.165, 1.54) is 6.42 Å². The summed E-state index contributed by atoms with van der Waals surface area (Å²) in [6, 6.07) is 0. The van der Waals surface area contributed by atoms with Gasteiger partial charge in [-0.3, -0.25) is 4.79 Å². The highest BCUT2D eigenvalue weighted by Gasteiger charge is 2.26. The first-order valence-corrected chi connectivity index (χ1v) is 8.30. The zero-order chi connectivity index (χ0) is 16.1. The standard InChI is InChI=1S/C17H28N4O/c1-12(2)16-15(11-19-13(3)20-16)17(22)21-9-6-14(7-10-21)5-8-18-4/h11-12,14,18H,5-10H2,1-4H3. The molecule has 0 unspecified atom stereocenters. The zero-order valence-electron chi connectivity index (χ0n) is 14.2. The van der Waals surface area contributed by atoms with Crippen molar-refractivity contribution >= 4 is 5.91 Å². The second-order valence-electron chi connectivity index (χ2n) is 6.50. The lowest BCUT2D eigenvalue weighted by Crippen LogP contribution is -2.39. The third kappa shape index (κ3) is 4.03. The minimum absolute atomic E-state index is 0.0933. The normalized spacial score (nSPS) is 16.3. The van der Waals surface area contributed by atoms with Gasteiger partial charge < -0.3 is 10.2 Å². The second-order valence-corrected chi connectivity index (χ2v) is 6.50. The molecule has 1 N–H and O–H groups in total. The number of nitrogens with one attached hydrogen (secondary N) is 1. The number of amides is 1. The van der Waals surface area contributed by atoms with Gasteiger partial charge >= 0.3 is 0 Å². The highest BCUT2D eigenvalue weighted by Crippen LogP contribution is 2.24. The first-order valence-electron chi connectivity index (χ1n) is 8.30. The van der Waals surface area contributed by atoms with Crippen LogP contribution in [0, 0.1) is 12.8 Å². The quantitative estimate of drug-likeness (QED) is 0.907. The van der Waals surface area contributed by atoms with Crippen LogP contribution in [-0.2, 0) is 0 Å². The van der Waals surface area contributed by atoms with Crippen molar-refractivity contribution in [3.63, 3.8) is 0 Å². The van der Waals surface area contributed by atoms with E-state index in [0.29, 0.717) is 5.56 Å². The second kappa shape index (κ2) is 7.68. The molecule has 1 aromatic rings. The maximum Gasteiger partial charge on any atom is 0.257 e. The van der Waals surface area contributed by atoms with Crippen molar-refractivity contribution in [3.05, 3.63) is 23.3 Å². The largest absolute Gasteiger partial charge is 0.339 e. The molecule has 1 fully saturated rings. The fourth-order valence-corrected chi connectivity index (χ4v) is 3.04. The maximum atomic E-state index is 12.8. The smallest absolute Gasteiger partial charge is 0.257 e. The van der Waals surface area contributed by atoms with Gasteiger partial charge in [0, 0.05) is 19.3 Å². The monoisotopic (exact) mass is 304 g/mol. The summed E-state index contributed by atoms with van der Waals surface area (Å²) in [5.74, 6) is 1.78. The summed E-state index contributed by atoms with van der Waals surface area (Å²) in [6.07, 6.45) is 5.09. The molecule has 1 aromatic heterocycles. The molecule has 0 aliphatic carbocycles. The zero-order valence-corrected chi connectivity index (χ0v) is 14.2. The van der Waals surface area contributed by atoms with Crippen LogP contribution in [0.2, 0.25) is 0 Å². The minimum atomic E-state index is 0.0933. The number of aryl methyl sites for hydroxylation is 1. The number of likely N-dealkylation sites (tertiary alicyclic amines) is 1. The van der Waals surface area contributed by atoms with E-state index < -0.39 is 0 Å². The topological polar surface area (TPSA) is 58.1 Å². The fraction of sp³-hybridized carbons (Fsp3) is 0.706. The lowest BCUT2D eigenvalue weighted by Gasteiger charge is -2.32. The molecule has 2 heterocycles. The summed E-state index contributed by atoms with van der Waals surface area (Å²) in [4.78, 5) is 23.5. The van der Waals surface area contributed by atoms with E-state index in [4.69, 9.17) is 0 Å². The van der Waals surface area contributed by atoms with Crippen LogP contribution < -0.4 is 5.32 Å². The SMILES string of the molecule is CNCCC1CCN(C(=O)c2cnc(C)nc2C(C)C)CC1.